The molecule has 1 aliphatic rings. The standard InChI is InChI=1S/C13H18N2O4/c1-13(2,3)8-4-10(15(16)17)12(14)11(5-8)19-7-9-6-18-9/h4-5,9H,6-7,14H2,1-3H3. The van der Waals surface area contributed by atoms with Gasteiger partial charge in [0.05, 0.1) is 11.5 Å². The van der Waals surface area contributed by atoms with E-state index in [4.69, 9.17) is 15.2 Å². The summed E-state index contributed by atoms with van der Waals surface area (Å²) in [5, 5.41) is 11.0. The Labute approximate surface area is 111 Å². The number of hydrogen-bond acceptors (Lipinski definition) is 5. The van der Waals surface area contributed by atoms with E-state index in [2.05, 4.69) is 0 Å². The first-order chi connectivity index (χ1) is 8.79. The van der Waals surface area contributed by atoms with Crippen LogP contribution in [0.5, 0.6) is 5.75 Å². The number of rotatable bonds is 4. The molecule has 6 nitrogen and oxygen atoms in total. The zero-order valence-electron chi connectivity index (χ0n) is 11.3. The lowest BCUT2D eigenvalue weighted by Gasteiger charge is -2.20. The Kier molecular flexibility index (Phi) is 3.36. The van der Waals surface area contributed by atoms with Crippen LogP contribution in [0.3, 0.4) is 0 Å². The van der Waals surface area contributed by atoms with Gasteiger partial charge in [-0.3, -0.25) is 10.1 Å². The van der Waals surface area contributed by atoms with E-state index in [0.29, 0.717) is 19.0 Å². The van der Waals surface area contributed by atoms with Gasteiger partial charge >= 0.3 is 0 Å². The van der Waals surface area contributed by atoms with Gasteiger partial charge in [0, 0.05) is 6.07 Å². The number of nitrogens with zero attached hydrogens (tertiary/aromatic N) is 1. The zero-order chi connectivity index (χ0) is 14.2. The number of hydrogen-bond donors (Lipinski definition) is 1. The largest absolute Gasteiger partial charge is 0.488 e. The minimum Gasteiger partial charge on any atom is -0.488 e. The normalized spacial score (nSPS) is 18.2. The maximum atomic E-state index is 11.0. The van der Waals surface area contributed by atoms with E-state index in [9.17, 15) is 10.1 Å². The van der Waals surface area contributed by atoms with Crippen molar-refractivity contribution in [2.45, 2.75) is 32.3 Å². The van der Waals surface area contributed by atoms with Crippen molar-refractivity contribution in [1.29, 1.82) is 0 Å². The van der Waals surface area contributed by atoms with E-state index in [1.165, 1.54) is 6.07 Å². The van der Waals surface area contributed by atoms with Gasteiger partial charge in [0.1, 0.15) is 18.5 Å². The first-order valence-electron chi connectivity index (χ1n) is 6.12. The summed E-state index contributed by atoms with van der Waals surface area (Å²) in [5.74, 6) is 0.356. The van der Waals surface area contributed by atoms with E-state index in [1.54, 1.807) is 6.07 Å². The Morgan fingerprint density at radius 2 is 2.16 bits per heavy atom. The predicted octanol–water partition coefficient (Wildman–Crippen LogP) is 2.25. The highest BCUT2D eigenvalue weighted by atomic mass is 16.6. The van der Waals surface area contributed by atoms with Crippen molar-refractivity contribution in [2.24, 2.45) is 0 Å². The van der Waals surface area contributed by atoms with Gasteiger partial charge in [-0.1, -0.05) is 20.8 Å². The lowest BCUT2D eigenvalue weighted by atomic mass is 9.86. The highest BCUT2D eigenvalue weighted by molar-refractivity contribution is 5.69. The molecule has 1 saturated heterocycles. The van der Waals surface area contributed by atoms with Crippen LogP contribution in [0.4, 0.5) is 11.4 Å². The van der Waals surface area contributed by atoms with E-state index in [1.807, 2.05) is 20.8 Å². The summed E-state index contributed by atoms with van der Waals surface area (Å²) in [6.07, 6.45) is 0.0803. The van der Waals surface area contributed by atoms with Crippen molar-refractivity contribution in [3.8, 4) is 5.75 Å². The Bertz CT molecular complexity index is 504. The second kappa shape index (κ2) is 4.70. The van der Waals surface area contributed by atoms with Crippen molar-refractivity contribution in [3.63, 3.8) is 0 Å². The fraction of sp³-hybridized carbons (Fsp3) is 0.538. The van der Waals surface area contributed by atoms with Gasteiger partial charge in [0.2, 0.25) is 0 Å². The molecule has 1 heterocycles. The molecule has 0 spiro atoms. The Balaban J connectivity index is 2.38. The summed E-state index contributed by atoms with van der Waals surface area (Å²) in [5.41, 5.74) is 6.36. The maximum absolute atomic E-state index is 11.0. The number of epoxide rings is 1. The number of nitrogens with two attached hydrogens (primary N) is 1. The van der Waals surface area contributed by atoms with Crippen molar-refractivity contribution in [2.75, 3.05) is 18.9 Å². The molecule has 1 unspecified atom stereocenters. The van der Waals surface area contributed by atoms with Crippen LogP contribution in [0.15, 0.2) is 12.1 Å². The molecular formula is C13H18N2O4. The lowest BCUT2D eigenvalue weighted by Crippen LogP contribution is -2.14. The topological polar surface area (TPSA) is 90.9 Å². The highest BCUT2D eigenvalue weighted by Gasteiger charge is 2.27. The zero-order valence-corrected chi connectivity index (χ0v) is 11.3. The quantitative estimate of drug-likeness (QED) is 0.390. The van der Waals surface area contributed by atoms with Crippen LogP contribution < -0.4 is 10.5 Å². The Morgan fingerprint density at radius 3 is 2.63 bits per heavy atom. The van der Waals surface area contributed by atoms with Crippen LogP contribution in [-0.4, -0.2) is 24.2 Å². The predicted molar refractivity (Wildman–Crippen MR) is 71.4 cm³/mol. The minimum atomic E-state index is -0.481. The third-order valence-electron chi connectivity index (χ3n) is 3.01. The molecule has 0 bridgehead atoms. The molecule has 2 N–H and O–H groups in total. The van der Waals surface area contributed by atoms with Crippen molar-refractivity contribution in [1.82, 2.24) is 0 Å². The number of anilines is 1. The van der Waals surface area contributed by atoms with Crippen molar-refractivity contribution in [3.05, 3.63) is 27.8 Å². The minimum absolute atomic E-state index is 0.0682. The van der Waals surface area contributed by atoms with Gasteiger partial charge in [-0.15, -0.1) is 0 Å². The van der Waals surface area contributed by atoms with Gasteiger partial charge in [0.15, 0.2) is 5.69 Å². The van der Waals surface area contributed by atoms with Crippen LogP contribution >= 0.6 is 0 Å². The highest BCUT2D eigenvalue weighted by Crippen LogP contribution is 2.37. The van der Waals surface area contributed by atoms with E-state index in [-0.39, 0.29) is 22.9 Å². The summed E-state index contributed by atoms with van der Waals surface area (Å²) in [4.78, 5) is 10.6. The van der Waals surface area contributed by atoms with Crippen molar-refractivity contribution < 1.29 is 14.4 Å². The van der Waals surface area contributed by atoms with Crippen LogP contribution in [0.2, 0.25) is 0 Å². The van der Waals surface area contributed by atoms with Gasteiger partial charge in [-0.05, 0) is 17.0 Å². The summed E-state index contributed by atoms with van der Waals surface area (Å²) < 4.78 is 10.6. The summed E-state index contributed by atoms with van der Waals surface area (Å²) in [6, 6.07) is 3.28. The molecule has 0 aliphatic carbocycles. The average Bonchev–Trinajstić information content (AvgIpc) is 3.09. The lowest BCUT2D eigenvalue weighted by molar-refractivity contribution is -0.384. The number of nitro groups is 1. The second-order valence-corrected chi connectivity index (χ2v) is 5.68. The molecule has 1 aromatic carbocycles. The third kappa shape index (κ3) is 3.14. The fourth-order valence-corrected chi connectivity index (χ4v) is 1.66. The average molecular weight is 266 g/mol. The number of ether oxygens (including phenoxy) is 2. The van der Waals surface area contributed by atoms with Gasteiger partial charge in [-0.2, -0.15) is 0 Å². The third-order valence-corrected chi connectivity index (χ3v) is 3.01. The molecule has 6 heteroatoms. The first-order valence-corrected chi connectivity index (χ1v) is 6.12. The molecule has 104 valence electrons. The first kappa shape index (κ1) is 13.6. The molecule has 1 fully saturated rings. The monoisotopic (exact) mass is 266 g/mol. The van der Waals surface area contributed by atoms with Crippen LogP contribution in [-0.2, 0) is 10.2 Å². The second-order valence-electron chi connectivity index (χ2n) is 5.68. The Hall–Kier alpha value is -1.82. The molecule has 0 radical (unpaired) electrons. The van der Waals surface area contributed by atoms with Crippen molar-refractivity contribution >= 4 is 11.4 Å². The van der Waals surface area contributed by atoms with Crippen LogP contribution in [0, 0.1) is 10.1 Å². The molecule has 19 heavy (non-hydrogen) atoms. The maximum Gasteiger partial charge on any atom is 0.296 e. The molecule has 0 amide bonds. The van der Waals surface area contributed by atoms with Gasteiger partial charge in [-0.25, -0.2) is 0 Å². The molecule has 1 aromatic rings. The Morgan fingerprint density at radius 1 is 1.53 bits per heavy atom. The molecule has 0 saturated carbocycles. The van der Waals surface area contributed by atoms with E-state index >= 15 is 0 Å². The molecule has 1 aliphatic heterocycles. The fourth-order valence-electron chi connectivity index (χ4n) is 1.66. The van der Waals surface area contributed by atoms with Gasteiger partial charge < -0.3 is 15.2 Å². The number of nitrogen functional groups attached to an aromatic ring is 1. The number of nitro benzene ring substituents is 1. The molecule has 1 atom stereocenters. The van der Waals surface area contributed by atoms with E-state index < -0.39 is 4.92 Å². The summed E-state index contributed by atoms with van der Waals surface area (Å²) in [7, 11) is 0. The molecule has 0 aromatic heterocycles. The smallest absolute Gasteiger partial charge is 0.296 e. The number of benzene rings is 1. The van der Waals surface area contributed by atoms with Crippen LogP contribution in [0.1, 0.15) is 26.3 Å². The molecule has 2 rings (SSSR count). The molecular weight excluding hydrogens is 248 g/mol. The van der Waals surface area contributed by atoms with Crippen LogP contribution in [0.25, 0.3) is 0 Å². The SMILES string of the molecule is CC(C)(C)c1cc(OCC2CO2)c(N)c([N+](=O)[O-])c1. The van der Waals surface area contributed by atoms with E-state index in [0.717, 1.165) is 5.56 Å². The summed E-state index contributed by atoms with van der Waals surface area (Å²) >= 11 is 0. The van der Waals surface area contributed by atoms with Gasteiger partial charge in [0.25, 0.3) is 5.69 Å². The summed E-state index contributed by atoms with van der Waals surface area (Å²) in [6.45, 7) is 6.98.